The fraction of sp³-hybridized carbons (Fsp3) is 0.167. The molecule has 14 heavy (non-hydrogen) atoms. The molecule has 3 aliphatic rings. The third-order valence-corrected chi connectivity index (χ3v) is 4.18. The van der Waals surface area contributed by atoms with Crippen LogP contribution in [0.3, 0.4) is 0 Å². The molecule has 2 unspecified atom stereocenters. The summed E-state index contributed by atoms with van der Waals surface area (Å²) < 4.78 is 5.44. The largest absolute Gasteiger partial charge is 0.345 e. The second-order valence-corrected chi connectivity index (χ2v) is 5.05. The van der Waals surface area contributed by atoms with E-state index in [1.807, 2.05) is 0 Å². The number of hydrogen-bond donors (Lipinski definition) is 0. The second kappa shape index (κ2) is 2.05. The maximum absolute atomic E-state index is 5.63. The molecule has 1 aromatic rings. The van der Waals surface area contributed by atoms with Gasteiger partial charge in [0.05, 0.1) is 0 Å². The topological polar surface area (TPSA) is 12.5 Å². The Kier molecular flexibility index (Phi) is 1.09. The lowest BCUT2D eigenvalue weighted by molar-refractivity contribution is 0.407. The molecular weight excluding hydrogens is 240 g/mol. The fourth-order valence-electron chi connectivity index (χ4n) is 2.39. The molecule has 1 heterocycles. The molecule has 1 saturated heterocycles. The SMILES string of the molecule is BrC12OC1C=CC1=C2c2ccccc21. The normalized spacial score (nSPS) is 35.6. The summed E-state index contributed by atoms with van der Waals surface area (Å²) in [4.78, 5) is 0. The standard InChI is InChI=1S/C12H7BrO/c13-12-10(14-12)6-5-9-7-3-1-2-4-8(7)11(9)12/h1-6,10H. The van der Waals surface area contributed by atoms with Crippen molar-refractivity contribution in [3.63, 3.8) is 0 Å². The predicted molar refractivity (Wildman–Crippen MR) is 58.9 cm³/mol. The zero-order chi connectivity index (χ0) is 9.34. The zero-order valence-electron chi connectivity index (χ0n) is 7.33. The van der Waals surface area contributed by atoms with Crippen molar-refractivity contribution >= 4 is 27.1 Å². The fourth-order valence-corrected chi connectivity index (χ4v) is 3.17. The number of hydrogen-bond acceptors (Lipinski definition) is 1. The summed E-state index contributed by atoms with van der Waals surface area (Å²) in [6.07, 6.45) is 4.55. The first-order valence-electron chi connectivity index (χ1n) is 4.70. The highest BCUT2D eigenvalue weighted by Gasteiger charge is 2.61. The summed E-state index contributed by atoms with van der Waals surface area (Å²) in [7, 11) is 0. The molecule has 1 fully saturated rings. The maximum Gasteiger partial charge on any atom is 0.179 e. The van der Waals surface area contributed by atoms with Crippen molar-refractivity contribution < 1.29 is 4.74 Å². The van der Waals surface area contributed by atoms with Crippen LogP contribution >= 0.6 is 15.9 Å². The van der Waals surface area contributed by atoms with Crippen LogP contribution in [0.15, 0.2) is 36.4 Å². The smallest absolute Gasteiger partial charge is 0.179 e. The number of epoxide rings is 1. The zero-order valence-corrected chi connectivity index (χ0v) is 8.91. The van der Waals surface area contributed by atoms with Crippen molar-refractivity contribution in [3.05, 3.63) is 47.5 Å². The summed E-state index contributed by atoms with van der Waals surface area (Å²) in [5.74, 6) is 0. The van der Waals surface area contributed by atoms with E-state index in [1.54, 1.807) is 0 Å². The number of alkyl halides is 1. The van der Waals surface area contributed by atoms with Crippen LogP contribution in [-0.2, 0) is 4.74 Å². The van der Waals surface area contributed by atoms with E-state index in [1.165, 1.54) is 22.3 Å². The van der Waals surface area contributed by atoms with Gasteiger partial charge in [-0.25, -0.2) is 0 Å². The van der Waals surface area contributed by atoms with Gasteiger partial charge in [0.2, 0.25) is 0 Å². The minimum atomic E-state index is -0.189. The number of halogens is 1. The van der Waals surface area contributed by atoms with Crippen LogP contribution in [0.4, 0.5) is 0 Å². The Hall–Kier alpha value is -0.860. The first-order valence-corrected chi connectivity index (χ1v) is 5.49. The van der Waals surface area contributed by atoms with Crippen molar-refractivity contribution in [2.45, 2.75) is 10.6 Å². The molecule has 68 valence electrons. The molecule has 1 nitrogen and oxygen atoms in total. The minimum absolute atomic E-state index is 0.189. The number of fused-ring (bicyclic) bond motifs is 5. The van der Waals surface area contributed by atoms with Gasteiger partial charge in [-0.1, -0.05) is 36.4 Å². The third-order valence-electron chi connectivity index (χ3n) is 3.14. The predicted octanol–water partition coefficient (Wildman–Crippen LogP) is 2.97. The first kappa shape index (κ1) is 7.43. The van der Waals surface area contributed by atoms with Gasteiger partial charge in [-0.15, -0.1) is 0 Å². The molecule has 2 heteroatoms. The van der Waals surface area contributed by atoms with Crippen molar-refractivity contribution in [3.8, 4) is 0 Å². The summed E-state index contributed by atoms with van der Waals surface area (Å²) in [6, 6.07) is 8.48. The van der Waals surface area contributed by atoms with Crippen LogP contribution < -0.4 is 0 Å². The van der Waals surface area contributed by atoms with E-state index >= 15 is 0 Å². The average molecular weight is 247 g/mol. The maximum atomic E-state index is 5.63. The molecule has 2 atom stereocenters. The van der Waals surface area contributed by atoms with Gasteiger partial charge in [0.15, 0.2) is 4.51 Å². The van der Waals surface area contributed by atoms with E-state index in [9.17, 15) is 0 Å². The quantitative estimate of drug-likeness (QED) is 0.507. The van der Waals surface area contributed by atoms with Crippen molar-refractivity contribution in [1.29, 1.82) is 0 Å². The lowest BCUT2D eigenvalue weighted by atomic mass is 9.76. The van der Waals surface area contributed by atoms with Gasteiger partial charge in [-0.3, -0.25) is 0 Å². The van der Waals surface area contributed by atoms with Crippen LogP contribution in [0.25, 0.3) is 11.1 Å². The lowest BCUT2D eigenvalue weighted by Gasteiger charge is -2.29. The molecule has 0 amide bonds. The van der Waals surface area contributed by atoms with E-state index in [-0.39, 0.29) is 10.6 Å². The van der Waals surface area contributed by atoms with Crippen LogP contribution in [0.1, 0.15) is 11.1 Å². The summed E-state index contributed by atoms with van der Waals surface area (Å²) >= 11 is 3.66. The highest BCUT2D eigenvalue weighted by Crippen LogP contribution is 2.62. The van der Waals surface area contributed by atoms with Gasteiger partial charge >= 0.3 is 0 Å². The molecule has 2 aliphatic carbocycles. The van der Waals surface area contributed by atoms with Crippen molar-refractivity contribution in [2.75, 3.05) is 0 Å². The van der Waals surface area contributed by atoms with Crippen molar-refractivity contribution in [2.24, 2.45) is 0 Å². The molecule has 0 saturated carbocycles. The second-order valence-electron chi connectivity index (χ2n) is 3.88. The molecule has 0 aromatic heterocycles. The average Bonchev–Trinajstić information content (AvgIpc) is 2.82. The molecular formula is C12H7BrO. The first-order chi connectivity index (χ1) is 6.81. The van der Waals surface area contributed by atoms with E-state index in [0.29, 0.717) is 0 Å². The van der Waals surface area contributed by atoms with Crippen LogP contribution in [-0.4, -0.2) is 10.6 Å². The Labute approximate surface area is 90.2 Å². The van der Waals surface area contributed by atoms with Gasteiger partial charge in [-0.05, 0) is 32.6 Å². The molecule has 0 bridgehead atoms. The summed E-state index contributed by atoms with van der Waals surface area (Å²) in [5, 5.41) is 0. The van der Waals surface area contributed by atoms with Crippen molar-refractivity contribution in [1.82, 2.24) is 0 Å². The highest BCUT2D eigenvalue weighted by atomic mass is 79.9. The van der Waals surface area contributed by atoms with E-state index < -0.39 is 0 Å². The van der Waals surface area contributed by atoms with Gasteiger partial charge < -0.3 is 4.74 Å². The number of rotatable bonds is 0. The summed E-state index contributed by atoms with van der Waals surface area (Å²) in [6.45, 7) is 0. The Balaban J connectivity index is 1.99. The molecule has 1 aromatic carbocycles. The number of ether oxygens (including phenoxy) is 1. The molecule has 4 rings (SSSR count). The molecule has 0 spiro atoms. The molecule has 0 N–H and O–H groups in total. The van der Waals surface area contributed by atoms with Gasteiger partial charge in [0.1, 0.15) is 6.10 Å². The highest BCUT2D eigenvalue weighted by molar-refractivity contribution is 9.10. The monoisotopic (exact) mass is 246 g/mol. The van der Waals surface area contributed by atoms with Crippen LogP contribution in [0.2, 0.25) is 0 Å². The lowest BCUT2D eigenvalue weighted by Crippen LogP contribution is -2.20. The number of benzene rings is 1. The summed E-state index contributed by atoms with van der Waals surface area (Å²) in [5.41, 5.74) is 5.37. The van der Waals surface area contributed by atoms with Gasteiger partial charge in [-0.2, -0.15) is 0 Å². The van der Waals surface area contributed by atoms with Crippen LogP contribution in [0, 0.1) is 0 Å². The molecule has 1 aliphatic heterocycles. The Bertz CT molecular complexity index is 515. The van der Waals surface area contributed by atoms with E-state index in [4.69, 9.17) is 4.74 Å². The Morgan fingerprint density at radius 3 is 2.86 bits per heavy atom. The Morgan fingerprint density at radius 1 is 1.21 bits per heavy atom. The van der Waals surface area contributed by atoms with Crippen LogP contribution in [0.5, 0.6) is 0 Å². The number of allylic oxidation sites excluding steroid dienone is 2. The Morgan fingerprint density at radius 2 is 2.00 bits per heavy atom. The third kappa shape index (κ3) is 0.645. The van der Waals surface area contributed by atoms with Gasteiger partial charge in [0.25, 0.3) is 0 Å². The molecule has 0 radical (unpaired) electrons. The van der Waals surface area contributed by atoms with E-state index in [2.05, 4.69) is 52.3 Å². The van der Waals surface area contributed by atoms with Gasteiger partial charge in [0, 0.05) is 5.57 Å². The minimum Gasteiger partial charge on any atom is -0.345 e. The van der Waals surface area contributed by atoms with E-state index in [0.717, 1.165) is 0 Å².